The highest BCUT2D eigenvalue weighted by molar-refractivity contribution is 7.92. The summed E-state index contributed by atoms with van der Waals surface area (Å²) >= 11 is -2.14. The van der Waals surface area contributed by atoms with Crippen LogP contribution in [-0.4, -0.2) is 53.2 Å². The number of hydrogen-bond acceptors (Lipinski definition) is 10. The second-order valence-electron chi connectivity index (χ2n) is 12.4. The molecule has 0 spiro atoms. The highest BCUT2D eigenvalue weighted by Crippen LogP contribution is 2.23. The van der Waals surface area contributed by atoms with Crippen LogP contribution in [0, 0.1) is 0 Å². The third-order valence-electron chi connectivity index (χ3n) is 7.60. The first-order valence-electron chi connectivity index (χ1n) is 17.0. The molecule has 0 aliphatic rings. The van der Waals surface area contributed by atoms with E-state index in [0.717, 1.165) is 0 Å². The summed E-state index contributed by atoms with van der Waals surface area (Å²) < 4.78 is 124. The lowest BCUT2D eigenvalue weighted by molar-refractivity contribution is -0.173. The van der Waals surface area contributed by atoms with Crippen LogP contribution in [0.15, 0.2) is 120 Å². The van der Waals surface area contributed by atoms with Crippen molar-refractivity contribution in [2.75, 3.05) is 30.9 Å². The van der Waals surface area contributed by atoms with Crippen LogP contribution in [0.3, 0.4) is 0 Å². The summed E-state index contributed by atoms with van der Waals surface area (Å²) in [5, 5.41) is 5.28. The summed E-state index contributed by atoms with van der Waals surface area (Å²) in [6.07, 6.45) is -7.15. The van der Waals surface area contributed by atoms with Gasteiger partial charge in [0.1, 0.15) is 12.3 Å². The lowest BCUT2D eigenvalue weighted by Crippen LogP contribution is -2.40. The molecule has 1 aromatic heterocycles. The number of nitrogens with one attached hydrogen (secondary N) is 8. The van der Waals surface area contributed by atoms with E-state index in [1.807, 2.05) is 0 Å². The van der Waals surface area contributed by atoms with Crippen LogP contribution in [0.4, 0.5) is 60.5 Å². The molecule has 5 aromatic rings. The summed E-state index contributed by atoms with van der Waals surface area (Å²) in [6, 6.07) is 23.2. The second-order valence-corrected chi connectivity index (χ2v) is 14.9. The van der Waals surface area contributed by atoms with Crippen molar-refractivity contribution >= 4 is 79.0 Å². The molecule has 1 heterocycles. The van der Waals surface area contributed by atoms with E-state index in [2.05, 4.69) is 30.9 Å². The molecule has 0 aliphatic carbocycles. The highest BCUT2D eigenvalue weighted by atomic mass is 32.2. The predicted octanol–water partition coefficient (Wildman–Crippen LogP) is 5.19. The first-order valence-corrected chi connectivity index (χ1v) is 19.6. The number of sulfonamides is 1. The van der Waals surface area contributed by atoms with Crippen LogP contribution in [0.1, 0.15) is 5.56 Å². The standard InChI is InChI=1S/C36H31F6N9O8S2/c37-35(38,39)33(54)47-45-23-7-11-25(12-8-23)49-60(56)59-29-5-1-3-27(18-29)43-31(52)17-22-15-16-51(20-22)21-32(53)44-28-4-2-6-30(19-28)61(57,58)50-26-13-9-24(10-14-26)46-48-34(55)36(40,41)42/h1-16,18-20,45-46,49-50H,17,21H2,(H,43,52)(H,44,53)(H,47,54)(H,48,55). The van der Waals surface area contributed by atoms with E-state index in [9.17, 15) is 58.1 Å². The molecule has 1 unspecified atom stereocenters. The van der Waals surface area contributed by atoms with Crippen molar-refractivity contribution in [3.05, 3.63) is 121 Å². The van der Waals surface area contributed by atoms with E-state index in [1.54, 1.807) is 24.5 Å². The molecule has 8 N–H and O–H groups in total. The van der Waals surface area contributed by atoms with E-state index in [-0.39, 0.29) is 52.0 Å². The lowest BCUT2D eigenvalue weighted by atomic mass is 10.2. The van der Waals surface area contributed by atoms with E-state index >= 15 is 0 Å². The van der Waals surface area contributed by atoms with Crippen LogP contribution in [0.5, 0.6) is 5.75 Å². The van der Waals surface area contributed by atoms with E-state index < -0.39 is 57.3 Å². The van der Waals surface area contributed by atoms with Gasteiger partial charge in [0.15, 0.2) is 0 Å². The van der Waals surface area contributed by atoms with Gasteiger partial charge < -0.3 is 19.4 Å². The van der Waals surface area contributed by atoms with Crippen molar-refractivity contribution in [3.8, 4) is 5.75 Å². The molecule has 0 saturated heterocycles. The number of benzene rings is 4. The smallest absolute Gasteiger partial charge is 0.385 e. The minimum atomic E-state index is -5.10. The topological polar surface area (TPSA) is 230 Å². The first kappa shape index (κ1) is 44.8. The number of carbonyl (C=O) groups excluding carboxylic acids is 4. The van der Waals surface area contributed by atoms with Crippen LogP contribution in [-0.2, 0) is 53.4 Å². The Labute approximate surface area is 344 Å². The summed E-state index contributed by atoms with van der Waals surface area (Å²) in [7, 11) is -4.19. The average Bonchev–Trinajstić information content (AvgIpc) is 3.62. The average molecular weight is 896 g/mol. The van der Waals surface area contributed by atoms with Gasteiger partial charge in [-0.25, -0.2) is 8.42 Å². The van der Waals surface area contributed by atoms with Crippen LogP contribution >= 0.6 is 0 Å². The Hall–Kier alpha value is -7.28. The fourth-order valence-electron chi connectivity index (χ4n) is 4.88. The van der Waals surface area contributed by atoms with Crippen molar-refractivity contribution in [3.63, 3.8) is 0 Å². The number of hydrazine groups is 2. The maximum atomic E-state index is 13.0. The molecule has 0 bridgehead atoms. The molecule has 61 heavy (non-hydrogen) atoms. The van der Waals surface area contributed by atoms with E-state index in [4.69, 9.17) is 4.18 Å². The van der Waals surface area contributed by atoms with Gasteiger partial charge in [-0.3, -0.25) is 50.3 Å². The molecule has 17 nitrogen and oxygen atoms in total. The van der Waals surface area contributed by atoms with Crippen LogP contribution in [0.2, 0.25) is 0 Å². The van der Waals surface area contributed by atoms with Gasteiger partial charge in [0.05, 0.1) is 22.7 Å². The number of aromatic nitrogens is 1. The highest BCUT2D eigenvalue weighted by Gasteiger charge is 2.39. The maximum absolute atomic E-state index is 13.0. The van der Waals surface area contributed by atoms with Crippen molar-refractivity contribution in [1.82, 2.24) is 15.4 Å². The van der Waals surface area contributed by atoms with Crippen molar-refractivity contribution in [1.29, 1.82) is 0 Å². The molecular formula is C36H31F6N9O8S2. The van der Waals surface area contributed by atoms with Crippen molar-refractivity contribution in [2.45, 2.75) is 30.2 Å². The minimum Gasteiger partial charge on any atom is -0.385 e. The fraction of sp³-hybridized carbons (Fsp3) is 0.111. The van der Waals surface area contributed by atoms with Gasteiger partial charge in [-0.1, -0.05) is 12.1 Å². The summed E-state index contributed by atoms with van der Waals surface area (Å²) in [4.78, 5) is 47.3. The van der Waals surface area contributed by atoms with Gasteiger partial charge in [-0.05, 0) is 90.5 Å². The third-order valence-corrected chi connectivity index (χ3v) is 9.72. The molecule has 5 rings (SSSR count). The number of halogens is 6. The van der Waals surface area contributed by atoms with E-state index in [1.165, 1.54) is 106 Å². The molecule has 0 saturated carbocycles. The Morgan fingerprint density at radius 3 is 1.75 bits per heavy atom. The Morgan fingerprint density at radius 1 is 0.639 bits per heavy atom. The van der Waals surface area contributed by atoms with Gasteiger partial charge in [-0.15, -0.1) is 0 Å². The van der Waals surface area contributed by atoms with Crippen molar-refractivity contribution in [2.24, 2.45) is 0 Å². The zero-order valence-corrected chi connectivity index (χ0v) is 32.3. The number of hydrogen-bond donors (Lipinski definition) is 8. The number of rotatable bonds is 17. The molecule has 322 valence electrons. The lowest BCUT2D eigenvalue weighted by Gasteiger charge is -2.12. The Bertz CT molecular complexity index is 2520. The molecule has 25 heteroatoms. The molecule has 4 aromatic carbocycles. The van der Waals surface area contributed by atoms with Gasteiger partial charge in [0.2, 0.25) is 11.8 Å². The minimum absolute atomic E-state index is 0.0402. The zero-order chi connectivity index (χ0) is 44.4. The molecule has 0 fully saturated rings. The number of anilines is 6. The monoisotopic (exact) mass is 895 g/mol. The quantitative estimate of drug-likeness (QED) is 0.0450. The number of alkyl halides is 6. The Kier molecular flexibility index (Phi) is 14.1. The van der Waals surface area contributed by atoms with Crippen molar-refractivity contribution < 1.29 is 62.3 Å². The molecule has 0 aliphatic heterocycles. The second kappa shape index (κ2) is 19.2. The number of nitrogens with zero attached hydrogens (tertiary/aromatic N) is 1. The predicted molar refractivity (Wildman–Crippen MR) is 210 cm³/mol. The summed E-state index contributed by atoms with van der Waals surface area (Å²) in [5.74, 6) is -5.26. The van der Waals surface area contributed by atoms with E-state index in [0.29, 0.717) is 11.3 Å². The Morgan fingerprint density at radius 2 is 1.16 bits per heavy atom. The maximum Gasteiger partial charge on any atom is 0.472 e. The molecule has 1 atom stereocenters. The van der Waals surface area contributed by atoms with Gasteiger partial charge in [-0.2, -0.15) is 30.6 Å². The molecular weight excluding hydrogens is 865 g/mol. The van der Waals surface area contributed by atoms with Gasteiger partial charge >= 0.3 is 35.4 Å². The Balaban J connectivity index is 1.06. The molecule has 0 radical (unpaired) electrons. The van der Waals surface area contributed by atoms with Crippen LogP contribution < -0.4 is 46.0 Å². The number of amides is 4. The fourth-order valence-corrected chi connectivity index (χ4v) is 6.63. The molecule has 4 amide bonds. The largest absolute Gasteiger partial charge is 0.472 e. The SMILES string of the molecule is O=C(Cc1ccn(CC(=O)Nc2cccc(S(=O)(=O)Nc3ccc(NNC(=O)C(F)(F)F)cc3)c2)c1)Nc1cccc(OS(=O)Nc2ccc(NNC(=O)C(F)(F)F)cc2)c1. The zero-order valence-electron chi connectivity index (χ0n) is 30.7. The van der Waals surface area contributed by atoms with Gasteiger partial charge in [0, 0.05) is 41.2 Å². The van der Waals surface area contributed by atoms with Crippen LogP contribution in [0.25, 0.3) is 0 Å². The first-order chi connectivity index (χ1) is 28.7. The third kappa shape index (κ3) is 13.9. The number of carbonyl (C=O) groups is 4. The van der Waals surface area contributed by atoms with Gasteiger partial charge in [0.25, 0.3) is 10.0 Å². The summed E-state index contributed by atoms with van der Waals surface area (Å²) in [5.41, 5.74) is 8.58. The summed E-state index contributed by atoms with van der Waals surface area (Å²) in [6.45, 7) is -0.202. The normalized spacial score (nSPS) is 12.0.